The summed E-state index contributed by atoms with van der Waals surface area (Å²) in [7, 11) is 0. The van der Waals surface area contributed by atoms with Crippen molar-refractivity contribution in [1.82, 2.24) is 0 Å². The van der Waals surface area contributed by atoms with E-state index >= 15 is 0 Å². The number of benzene rings is 3. The zero-order valence-corrected chi connectivity index (χ0v) is 18.1. The standard InChI is InChI=1S/C25H24N2O5/c1-16-11-12-20(13-17(16)2)31-15-24(29)26-22-9-4-5-10-23(22)27-25(30)19-7-6-8-21(14-19)32-18(3)28/h4-14H,15H2,1-3H3,(H,26,29)(H,27,30). The van der Waals surface area contributed by atoms with Gasteiger partial charge < -0.3 is 20.1 Å². The molecule has 0 aliphatic heterocycles. The van der Waals surface area contributed by atoms with Crippen molar-refractivity contribution in [2.45, 2.75) is 20.8 Å². The van der Waals surface area contributed by atoms with Gasteiger partial charge in [-0.3, -0.25) is 14.4 Å². The molecule has 2 amide bonds. The van der Waals surface area contributed by atoms with Crippen molar-refractivity contribution in [1.29, 1.82) is 0 Å². The van der Waals surface area contributed by atoms with Gasteiger partial charge in [-0.05, 0) is 67.4 Å². The summed E-state index contributed by atoms with van der Waals surface area (Å²) in [6.45, 7) is 5.09. The summed E-state index contributed by atoms with van der Waals surface area (Å²) in [5.41, 5.74) is 3.39. The number of esters is 1. The van der Waals surface area contributed by atoms with Crippen LogP contribution in [0.4, 0.5) is 11.4 Å². The Morgan fingerprint density at radius 1 is 0.781 bits per heavy atom. The lowest BCUT2D eigenvalue weighted by Gasteiger charge is -2.13. The van der Waals surface area contributed by atoms with Crippen LogP contribution < -0.4 is 20.1 Å². The SMILES string of the molecule is CC(=O)Oc1cccc(C(=O)Nc2ccccc2NC(=O)COc2ccc(C)c(C)c2)c1. The van der Waals surface area contributed by atoms with Crippen LogP contribution in [0.15, 0.2) is 66.7 Å². The molecule has 0 saturated heterocycles. The molecule has 0 atom stereocenters. The zero-order chi connectivity index (χ0) is 23.1. The lowest BCUT2D eigenvalue weighted by atomic mass is 10.1. The molecule has 0 saturated carbocycles. The topological polar surface area (TPSA) is 93.7 Å². The monoisotopic (exact) mass is 432 g/mol. The number of amides is 2. The Morgan fingerprint density at radius 3 is 2.19 bits per heavy atom. The number of ether oxygens (including phenoxy) is 2. The number of rotatable bonds is 7. The Morgan fingerprint density at radius 2 is 1.50 bits per heavy atom. The van der Waals surface area contributed by atoms with Crippen LogP contribution in [0.3, 0.4) is 0 Å². The van der Waals surface area contributed by atoms with Crippen molar-refractivity contribution < 1.29 is 23.9 Å². The fraction of sp³-hybridized carbons (Fsp3) is 0.160. The second kappa shape index (κ2) is 10.3. The van der Waals surface area contributed by atoms with E-state index < -0.39 is 11.9 Å². The number of hydrogen-bond acceptors (Lipinski definition) is 5. The van der Waals surface area contributed by atoms with E-state index in [1.165, 1.54) is 13.0 Å². The van der Waals surface area contributed by atoms with E-state index in [1.54, 1.807) is 42.5 Å². The molecule has 3 aromatic carbocycles. The molecule has 0 unspecified atom stereocenters. The van der Waals surface area contributed by atoms with Gasteiger partial charge in [0.25, 0.3) is 11.8 Å². The Hall–Kier alpha value is -4.13. The maximum Gasteiger partial charge on any atom is 0.308 e. The van der Waals surface area contributed by atoms with E-state index in [1.807, 2.05) is 32.0 Å². The van der Waals surface area contributed by atoms with Crippen LogP contribution >= 0.6 is 0 Å². The number of para-hydroxylation sites is 2. The smallest absolute Gasteiger partial charge is 0.308 e. The summed E-state index contributed by atoms with van der Waals surface area (Å²) in [4.78, 5) is 36.2. The van der Waals surface area contributed by atoms with Gasteiger partial charge in [-0.15, -0.1) is 0 Å². The first-order chi connectivity index (χ1) is 15.3. The fourth-order valence-corrected chi connectivity index (χ4v) is 2.90. The Labute approximate surface area is 186 Å². The number of anilines is 2. The van der Waals surface area contributed by atoms with Gasteiger partial charge in [0.05, 0.1) is 11.4 Å². The van der Waals surface area contributed by atoms with Gasteiger partial charge in [0.2, 0.25) is 0 Å². The number of hydrogen-bond donors (Lipinski definition) is 2. The Balaban J connectivity index is 1.65. The second-order valence-corrected chi connectivity index (χ2v) is 7.20. The van der Waals surface area contributed by atoms with Crippen molar-refractivity contribution in [3.63, 3.8) is 0 Å². The van der Waals surface area contributed by atoms with Gasteiger partial charge >= 0.3 is 5.97 Å². The van der Waals surface area contributed by atoms with Crippen LogP contribution in [0.5, 0.6) is 11.5 Å². The molecule has 0 heterocycles. The normalized spacial score (nSPS) is 10.2. The van der Waals surface area contributed by atoms with Crippen molar-refractivity contribution in [3.8, 4) is 11.5 Å². The molecule has 164 valence electrons. The van der Waals surface area contributed by atoms with Crippen LogP contribution in [-0.4, -0.2) is 24.4 Å². The van der Waals surface area contributed by atoms with E-state index in [0.29, 0.717) is 22.7 Å². The summed E-state index contributed by atoms with van der Waals surface area (Å²) in [6, 6.07) is 18.7. The van der Waals surface area contributed by atoms with Crippen LogP contribution in [0.25, 0.3) is 0 Å². The average Bonchev–Trinajstić information content (AvgIpc) is 2.75. The third-order valence-corrected chi connectivity index (χ3v) is 4.66. The summed E-state index contributed by atoms with van der Waals surface area (Å²) >= 11 is 0. The van der Waals surface area contributed by atoms with Crippen LogP contribution in [0.1, 0.15) is 28.4 Å². The molecule has 0 aliphatic rings. The minimum atomic E-state index is -0.473. The zero-order valence-electron chi connectivity index (χ0n) is 18.1. The molecule has 0 aliphatic carbocycles. The van der Waals surface area contributed by atoms with Gasteiger partial charge in [0.15, 0.2) is 6.61 Å². The van der Waals surface area contributed by atoms with E-state index in [4.69, 9.17) is 9.47 Å². The van der Waals surface area contributed by atoms with E-state index in [-0.39, 0.29) is 18.3 Å². The van der Waals surface area contributed by atoms with Crippen LogP contribution in [0, 0.1) is 13.8 Å². The highest BCUT2D eigenvalue weighted by molar-refractivity contribution is 6.07. The van der Waals surface area contributed by atoms with Crippen LogP contribution in [0.2, 0.25) is 0 Å². The third-order valence-electron chi connectivity index (χ3n) is 4.66. The van der Waals surface area contributed by atoms with Gasteiger partial charge in [-0.1, -0.05) is 24.3 Å². The van der Waals surface area contributed by atoms with E-state index in [9.17, 15) is 14.4 Å². The molecule has 0 bridgehead atoms. The number of carbonyl (C=O) groups excluding carboxylic acids is 3. The molecule has 0 fully saturated rings. The molecule has 0 aromatic heterocycles. The molecular formula is C25H24N2O5. The molecule has 0 radical (unpaired) electrons. The first-order valence-corrected chi connectivity index (χ1v) is 10.0. The summed E-state index contributed by atoms with van der Waals surface area (Å²) in [5, 5.41) is 5.52. The summed E-state index contributed by atoms with van der Waals surface area (Å²) < 4.78 is 10.6. The highest BCUT2D eigenvalue weighted by atomic mass is 16.5. The molecular weight excluding hydrogens is 408 g/mol. The first-order valence-electron chi connectivity index (χ1n) is 10.0. The van der Waals surface area contributed by atoms with Gasteiger partial charge in [0, 0.05) is 12.5 Å². The van der Waals surface area contributed by atoms with Crippen LogP contribution in [-0.2, 0) is 9.59 Å². The van der Waals surface area contributed by atoms with E-state index in [0.717, 1.165) is 11.1 Å². The molecule has 32 heavy (non-hydrogen) atoms. The quantitative estimate of drug-likeness (QED) is 0.424. The minimum Gasteiger partial charge on any atom is -0.484 e. The summed E-state index contributed by atoms with van der Waals surface area (Å²) in [6.07, 6.45) is 0. The van der Waals surface area contributed by atoms with Gasteiger partial charge in [-0.2, -0.15) is 0 Å². The Bertz CT molecular complexity index is 1160. The lowest BCUT2D eigenvalue weighted by molar-refractivity contribution is -0.131. The first kappa shape index (κ1) is 22.6. The molecule has 3 rings (SSSR count). The molecule has 0 spiro atoms. The highest BCUT2D eigenvalue weighted by Crippen LogP contribution is 2.23. The second-order valence-electron chi connectivity index (χ2n) is 7.20. The number of nitrogens with one attached hydrogen (secondary N) is 2. The largest absolute Gasteiger partial charge is 0.484 e. The fourth-order valence-electron chi connectivity index (χ4n) is 2.90. The lowest BCUT2D eigenvalue weighted by Crippen LogP contribution is -2.21. The van der Waals surface area contributed by atoms with Crippen molar-refractivity contribution >= 4 is 29.2 Å². The molecule has 7 heteroatoms. The average molecular weight is 432 g/mol. The minimum absolute atomic E-state index is 0.171. The molecule has 3 aromatic rings. The predicted octanol–water partition coefficient (Wildman–Crippen LogP) is 4.50. The molecule has 2 N–H and O–H groups in total. The highest BCUT2D eigenvalue weighted by Gasteiger charge is 2.13. The summed E-state index contributed by atoms with van der Waals surface area (Å²) in [5.74, 6) is -0.361. The maximum absolute atomic E-state index is 12.7. The van der Waals surface area contributed by atoms with Gasteiger partial charge in [-0.25, -0.2) is 0 Å². The molecule has 7 nitrogen and oxygen atoms in total. The van der Waals surface area contributed by atoms with Crippen molar-refractivity contribution in [2.75, 3.05) is 17.2 Å². The van der Waals surface area contributed by atoms with Crippen molar-refractivity contribution in [2.24, 2.45) is 0 Å². The Kier molecular flexibility index (Phi) is 7.23. The maximum atomic E-state index is 12.7. The third kappa shape index (κ3) is 6.18. The number of aryl methyl sites for hydroxylation is 2. The number of carbonyl (C=O) groups is 3. The predicted molar refractivity (Wildman–Crippen MR) is 122 cm³/mol. The van der Waals surface area contributed by atoms with E-state index in [2.05, 4.69) is 10.6 Å². The van der Waals surface area contributed by atoms with Gasteiger partial charge in [0.1, 0.15) is 11.5 Å². The van der Waals surface area contributed by atoms with Crippen molar-refractivity contribution in [3.05, 3.63) is 83.4 Å².